The minimum Gasteiger partial charge on any atom is -0.519 e. The van der Waals surface area contributed by atoms with E-state index in [1.54, 1.807) is 0 Å². The number of carbonyl (C=O) groups is 2. The van der Waals surface area contributed by atoms with Crippen molar-refractivity contribution in [2.45, 2.75) is 97.1 Å². The second-order valence-corrected chi connectivity index (χ2v) is 18.8. The van der Waals surface area contributed by atoms with Gasteiger partial charge in [-0.25, -0.2) is 0 Å². The molecule has 0 saturated carbocycles. The Morgan fingerprint density at radius 3 is 1.17 bits per heavy atom. The van der Waals surface area contributed by atoms with E-state index in [0.717, 1.165) is 0 Å². The van der Waals surface area contributed by atoms with Crippen LogP contribution in [0.5, 0.6) is 0 Å². The van der Waals surface area contributed by atoms with E-state index in [0.29, 0.717) is 6.42 Å². The average Bonchev–Trinajstić information content (AvgIpc) is 2.23. The summed E-state index contributed by atoms with van der Waals surface area (Å²) in [6.45, 7) is 20.8. The molecule has 0 aliphatic carbocycles. The molecule has 0 aliphatic heterocycles. The van der Waals surface area contributed by atoms with Crippen LogP contribution in [0, 0.1) is 0 Å². The lowest BCUT2D eigenvalue weighted by Crippen LogP contribution is -2.43. The van der Waals surface area contributed by atoms with E-state index in [1.807, 2.05) is 0 Å². The van der Waals surface area contributed by atoms with Crippen LogP contribution in [-0.2, 0) is 18.4 Å². The van der Waals surface area contributed by atoms with Crippen molar-refractivity contribution in [3.8, 4) is 0 Å². The van der Waals surface area contributed by atoms with Gasteiger partial charge in [0.15, 0.2) is 0 Å². The third kappa shape index (κ3) is 7.20. The van der Waals surface area contributed by atoms with Gasteiger partial charge in [0.25, 0.3) is 28.6 Å². The molecule has 0 aromatic rings. The van der Waals surface area contributed by atoms with Gasteiger partial charge in [-0.15, -0.1) is 0 Å². The molecule has 0 fully saturated rings. The molecule has 6 heteroatoms. The van der Waals surface area contributed by atoms with Crippen LogP contribution in [0.25, 0.3) is 0 Å². The highest BCUT2D eigenvalue weighted by atomic mass is 28.4. The SMILES string of the molecule is CC(C)(C)[Si](C)(C)OC(=O)CCCC(=O)O[Si](C)(C)C(C)(C)C. The van der Waals surface area contributed by atoms with Crippen molar-refractivity contribution in [1.82, 2.24) is 0 Å². The molecule has 0 saturated heterocycles. The third-order valence-electron chi connectivity index (χ3n) is 5.11. The summed E-state index contributed by atoms with van der Waals surface area (Å²) >= 11 is 0. The second kappa shape index (κ2) is 7.51. The van der Waals surface area contributed by atoms with Crippen LogP contribution in [0.4, 0.5) is 0 Å². The van der Waals surface area contributed by atoms with Gasteiger partial charge in [0.05, 0.1) is 0 Å². The average molecular weight is 361 g/mol. The molecule has 4 nitrogen and oxygen atoms in total. The smallest absolute Gasteiger partial charge is 0.292 e. The van der Waals surface area contributed by atoms with Gasteiger partial charge >= 0.3 is 0 Å². The second-order valence-electron chi connectivity index (χ2n) is 9.32. The summed E-state index contributed by atoms with van der Waals surface area (Å²) in [7, 11) is -4.13. The predicted octanol–water partition coefficient (Wildman–Crippen LogP) is 5.25. The Bertz CT molecular complexity index is 389. The standard InChI is InChI=1S/C17H36O4Si2/c1-16(2,3)22(7,8)20-14(18)12-11-13-15(19)21-23(9,10)17(4,5)6/h11-13H2,1-10H3. The molecule has 0 aromatic carbocycles. The summed E-state index contributed by atoms with van der Waals surface area (Å²) in [5.74, 6) is -0.395. The number of hydrogen-bond donors (Lipinski definition) is 0. The van der Waals surface area contributed by atoms with E-state index in [1.165, 1.54) is 0 Å². The zero-order valence-electron chi connectivity index (χ0n) is 16.8. The van der Waals surface area contributed by atoms with Crippen LogP contribution in [0.1, 0.15) is 60.8 Å². The lowest BCUT2D eigenvalue weighted by Gasteiger charge is -2.35. The number of rotatable bonds is 6. The van der Waals surface area contributed by atoms with Crippen molar-refractivity contribution in [2.75, 3.05) is 0 Å². The van der Waals surface area contributed by atoms with E-state index in [9.17, 15) is 9.59 Å². The molecule has 0 atom stereocenters. The van der Waals surface area contributed by atoms with E-state index in [2.05, 4.69) is 67.7 Å². The Labute approximate surface area is 144 Å². The van der Waals surface area contributed by atoms with E-state index in [-0.39, 0.29) is 34.9 Å². The van der Waals surface area contributed by atoms with Crippen LogP contribution in [0.2, 0.25) is 36.3 Å². The largest absolute Gasteiger partial charge is 0.519 e. The summed E-state index contributed by atoms with van der Waals surface area (Å²) in [4.78, 5) is 24.0. The van der Waals surface area contributed by atoms with Gasteiger partial charge in [-0.2, -0.15) is 0 Å². The molecular weight excluding hydrogens is 324 g/mol. The Morgan fingerprint density at radius 2 is 0.957 bits per heavy atom. The lowest BCUT2D eigenvalue weighted by atomic mass is 10.2. The quantitative estimate of drug-likeness (QED) is 0.607. The van der Waals surface area contributed by atoms with E-state index >= 15 is 0 Å². The monoisotopic (exact) mass is 360 g/mol. The van der Waals surface area contributed by atoms with E-state index < -0.39 is 16.6 Å². The topological polar surface area (TPSA) is 52.6 Å². The zero-order chi connectivity index (χ0) is 18.7. The van der Waals surface area contributed by atoms with Crippen molar-refractivity contribution < 1.29 is 18.4 Å². The van der Waals surface area contributed by atoms with Gasteiger partial charge in [-0.05, 0) is 42.7 Å². The first-order valence-electron chi connectivity index (χ1n) is 8.43. The maximum atomic E-state index is 12.0. The van der Waals surface area contributed by atoms with Crippen molar-refractivity contribution >= 4 is 28.6 Å². The number of carbonyl (C=O) groups excluding carboxylic acids is 2. The molecule has 136 valence electrons. The van der Waals surface area contributed by atoms with Crippen molar-refractivity contribution in [1.29, 1.82) is 0 Å². The molecule has 0 bridgehead atoms. The normalized spacial score (nSPS) is 13.7. The van der Waals surface area contributed by atoms with Crippen LogP contribution >= 0.6 is 0 Å². The molecule has 0 N–H and O–H groups in total. The van der Waals surface area contributed by atoms with Gasteiger partial charge in [-0.1, -0.05) is 41.5 Å². The lowest BCUT2D eigenvalue weighted by molar-refractivity contribution is -0.137. The molecule has 0 amide bonds. The van der Waals surface area contributed by atoms with Crippen LogP contribution in [0.3, 0.4) is 0 Å². The van der Waals surface area contributed by atoms with Gasteiger partial charge in [0.1, 0.15) is 0 Å². The molecule has 0 spiro atoms. The Balaban J connectivity index is 4.32. The zero-order valence-corrected chi connectivity index (χ0v) is 18.8. The van der Waals surface area contributed by atoms with Gasteiger partial charge in [-0.3, -0.25) is 9.59 Å². The molecule has 0 unspecified atom stereocenters. The maximum absolute atomic E-state index is 12.0. The molecule has 23 heavy (non-hydrogen) atoms. The van der Waals surface area contributed by atoms with Crippen molar-refractivity contribution in [3.05, 3.63) is 0 Å². The molecule has 0 heterocycles. The van der Waals surface area contributed by atoms with Crippen molar-refractivity contribution in [3.63, 3.8) is 0 Å². The molecule has 0 aliphatic rings. The highest BCUT2D eigenvalue weighted by molar-refractivity contribution is 6.75. The highest BCUT2D eigenvalue weighted by Gasteiger charge is 2.41. The fourth-order valence-electron chi connectivity index (χ4n) is 1.35. The molecule has 0 rings (SSSR count). The first-order valence-corrected chi connectivity index (χ1v) is 14.2. The molecule has 0 radical (unpaired) electrons. The van der Waals surface area contributed by atoms with Crippen LogP contribution in [0.15, 0.2) is 0 Å². The third-order valence-corrected chi connectivity index (χ3v) is 13.8. The minimum atomic E-state index is -2.07. The van der Waals surface area contributed by atoms with Gasteiger partial charge < -0.3 is 8.85 Å². The fourth-order valence-corrected chi connectivity index (χ4v) is 3.31. The Morgan fingerprint density at radius 1 is 0.696 bits per heavy atom. The summed E-state index contributed by atoms with van der Waals surface area (Å²) in [6, 6.07) is 0. The Kier molecular flexibility index (Phi) is 7.30. The maximum Gasteiger partial charge on any atom is 0.292 e. The van der Waals surface area contributed by atoms with Gasteiger partial charge in [0.2, 0.25) is 0 Å². The first kappa shape index (κ1) is 22.4. The van der Waals surface area contributed by atoms with Gasteiger partial charge in [0, 0.05) is 12.8 Å². The fraction of sp³-hybridized carbons (Fsp3) is 0.882. The summed E-state index contributed by atoms with van der Waals surface area (Å²) < 4.78 is 11.4. The molecule has 0 aromatic heterocycles. The summed E-state index contributed by atoms with van der Waals surface area (Å²) in [5, 5.41) is 0.00778. The number of hydrogen-bond acceptors (Lipinski definition) is 4. The van der Waals surface area contributed by atoms with Crippen molar-refractivity contribution in [2.24, 2.45) is 0 Å². The predicted molar refractivity (Wildman–Crippen MR) is 100 cm³/mol. The minimum absolute atomic E-state index is 0.00389. The van der Waals surface area contributed by atoms with Crippen LogP contribution in [-0.4, -0.2) is 28.6 Å². The Hall–Kier alpha value is -0.626. The molecular formula is C17H36O4Si2. The van der Waals surface area contributed by atoms with Crippen LogP contribution < -0.4 is 0 Å². The first-order chi connectivity index (χ1) is 9.99. The van der Waals surface area contributed by atoms with E-state index in [4.69, 9.17) is 8.85 Å². The highest BCUT2D eigenvalue weighted by Crippen LogP contribution is 2.37. The summed E-state index contributed by atoms with van der Waals surface area (Å²) in [6.07, 6.45) is 1.04. The summed E-state index contributed by atoms with van der Waals surface area (Å²) in [5.41, 5.74) is 0.